The molecule has 1 aromatic heterocycles. The standard InChI is InChI=1S/C35H36N8S/c1-5-24(3)37-31-16-17-33(27-11-7-6-10-26(27)31)42-43(4)34-19-18-32(28-12-8-9-13-29(28)34)40-38-25-14-15-30(23(2)22-25)39-41-35-36-20-21-44-35/h6-22,24,37-38,40,42H,5H2,1-4H3/b41-39+. The normalized spacial score (nSPS) is 12.0. The lowest BCUT2D eigenvalue weighted by Gasteiger charge is -2.26. The van der Waals surface area contributed by atoms with E-state index in [2.05, 4.69) is 136 Å². The summed E-state index contributed by atoms with van der Waals surface area (Å²) < 4.78 is 0. The average molecular weight is 601 g/mol. The topological polar surface area (TPSA) is 89.0 Å². The third kappa shape index (κ3) is 6.28. The molecule has 0 aliphatic rings. The van der Waals surface area contributed by atoms with Gasteiger partial charge in [0.25, 0.3) is 0 Å². The minimum atomic E-state index is 0.405. The Morgan fingerprint density at radius 3 is 2.18 bits per heavy atom. The minimum Gasteiger partial charge on any atom is -0.382 e. The minimum absolute atomic E-state index is 0.405. The zero-order chi connectivity index (χ0) is 30.5. The van der Waals surface area contributed by atoms with Crippen LogP contribution in [0.1, 0.15) is 25.8 Å². The Morgan fingerprint density at radius 2 is 1.48 bits per heavy atom. The van der Waals surface area contributed by atoms with Gasteiger partial charge in [-0.3, -0.25) is 10.4 Å². The highest BCUT2D eigenvalue weighted by molar-refractivity contribution is 7.13. The van der Waals surface area contributed by atoms with E-state index >= 15 is 0 Å². The Kier molecular flexibility index (Phi) is 8.56. The first kappa shape index (κ1) is 28.9. The number of aromatic nitrogens is 1. The van der Waals surface area contributed by atoms with Gasteiger partial charge in [-0.2, -0.15) is 0 Å². The number of benzene rings is 5. The summed E-state index contributed by atoms with van der Waals surface area (Å²) in [6, 6.07) is 31.9. The van der Waals surface area contributed by atoms with Gasteiger partial charge in [0, 0.05) is 51.9 Å². The number of hydrogen-bond acceptors (Lipinski definition) is 9. The monoisotopic (exact) mass is 600 g/mol. The van der Waals surface area contributed by atoms with Crippen LogP contribution in [0.5, 0.6) is 0 Å². The van der Waals surface area contributed by atoms with Gasteiger partial charge in [-0.15, -0.1) is 21.6 Å². The molecule has 0 spiro atoms. The highest BCUT2D eigenvalue weighted by Crippen LogP contribution is 2.35. The SMILES string of the molecule is CCC(C)Nc1ccc(NN(C)c2ccc(NNc3ccc(/N=N/c4nccs4)c(C)c3)c3ccccc23)c2ccccc12. The summed E-state index contributed by atoms with van der Waals surface area (Å²) in [5.41, 5.74) is 17.4. The number of fused-ring (bicyclic) bond motifs is 2. The largest absolute Gasteiger partial charge is 0.382 e. The van der Waals surface area contributed by atoms with Crippen molar-refractivity contribution in [3.8, 4) is 0 Å². The Morgan fingerprint density at radius 1 is 0.795 bits per heavy atom. The first-order chi connectivity index (χ1) is 21.5. The number of thiazole rings is 1. The molecule has 9 heteroatoms. The van der Waals surface area contributed by atoms with Crippen molar-refractivity contribution in [3.63, 3.8) is 0 Å². The number of anilines is 5. The number of hydrogen-bond donors (Lipinski definition) is 4. The molecule has 1 unspecified atom stereocenters. The molecule has 222 valence electrons. The molecule has 1 heterocycles. The maximum atomic E-state index is 4.35. The van der Waals surface area contributed by atoms with Gasteiger partial charge in [0.15, 0.2) is 0 Å². The van der Waals surface area contributed by atoms with Crippen LogP contribution >= 0.6 is 11.3 Å². The third-order valence-corrected chi connectivity index (χ3v) is 8.35. The molecule has 0 fully saturated rings. The van der Waals surface area contributed by atoms with E-state index in [0.29, 0.717) is 11.2 Å². The van der Waals surface area contributed by atoms with Gasteiger partial charge in [0.2, 0.25) is 5.13 Å². The van der Waals surface area contributed by atoms with Gasteiger partial charge < -0.3 is 16.2 Å². The van der Waals surface area contributed by atoms with Crippen molar-refractivity contribution in [2.24, 2.45) is 10.2 Å². The predicted octanol–water partition coefficient (Wildman–Crippen LogP) is 10.3. The van der Waals surface area contributed by atoms with E-state index in [9.17, 15) is 0 Å². The van der Waals surface area contributed by atoms with Gasteiger partial charge in [-0.05, 0) is 68.3 Å². The van der Waals surface area contributed by atoms with Crippen LogP contribution in [0.25, 0.3) is 21.5 Å². The lowest BCUT2D eigenvalue weighted by molar-refractivity contribution is 0.765. The molecular formula is C35H36N8S. The van der Waals surface area contributed by atoms with E-state index in [4.69, 9.17) is 0 Å². The number of hydrazine groups is 2. The molecule has 4 N–H and O–H groups in total. The van der Waals surface area contributed by atoms with Gasteiger partial charge in [-0.1, -0.05) is 55.5 Å². The molecule has 0 radical (unpaired) electrons. The van der Waals surface area contributed by atoms with E-state index in [0.717, 1.165) is 56.9 Å². The highest BCUT2D eigenvalue weighted by Gasteiger charge is 2.13. The fourth-order valence-corrected chi connectivity index (χ4v) is 5.62. The van der Waals surface area contributed by atoms with Crippen LogP contribution in [0.15, 0.2) is 113 Å². The van der Waals surface area contributed by atoms with Gasteiger partial charge in [0.1, 0.15) is 0 Å². The van der Waals surface area contributed by atoms with Crippen LogP contribution < -0.4 is 26.6 Å². The number of aryl methyl sites for hydroxylation is 1. The molecule has 0 amide bonds. The second-order valence-electron chi connectivity index (χ2n) is 10.8. The number of nitrogens with zero attached hydrogens (tertiary/aromatic N) is 4. The van der Waals surface area contributed by atoms with Crippen molar-refractivity contribution in [3.05, 3.63) is 108 Å². The van der Waals surface area contributed by atoms with Crippen LogP contribution in [-0.4, -0.2) is 18.1 Å². The van der Waals surface area contributed by atoms with Crippen LogP contribution in [0.4, 0.5) is 39.3 Å². The Bertz CT molecular complexity index is 1920. The molecule has 5 aromatic carbocycles. The molecule has 6 rings (SSSR count). The average Bonchev–Trinajstić information content (AvgIpc) is 3.58. The molecule has 0 saturated carbocycles. The van der Waals surface area contributed by atoms with E-state index in [1.54, 1.807) is 6.20 Å². The second kappa shape index (κ2) is 13.0. The van der Waals surface area contributed by atoms with Crippen molar-refractivity contribution in [2.75, 3.05) is 33.7 Å². The van der Waals surface area contributed by atoms with E-state index in [1.165, 1.54) is 22.1 Å². The first-order valence-corrected chi connectivity index (χ1v) is 15.6. The van der Waals surface area contributed by atoms with Gasteiger partial charge in [0.05, 0.1) is 28.4 Å². The van der Waals surface area contributed by atoms with Crippen molar-refractivity contribution < 1.29 is 0 Å². The lowest BCUT2D eigenvalue weighted by Crippen LogP contribution is -2.25. The zero-order valence-corrected chi connectivity index (χ0v) is 26.1. The number of rotatable bonds is 11. The summed E-state index contributed by atoms with van der Waals surface area (Å²) in [6.07, 6.45) is 2.79. The Balaban J connectivity index is 1.21. The quantitative estimate of drug-likeness (QED) is 0.0874. The molecule has 0 aliphatic carbocycles. The van der Waals surface area contributed by atoms with Crippen LogP contribution in [0.2, 0.25) is 0 Å². The van der Waals surface area contributed by atoms with Gasteiger partial charge in [-0.25, -0.2) is 4.98 Å². The van der Waals surface area contributed by atoms with E-state index in [1.807, 2.05) is 30.5 Å². The summed E-state index contributed by atoms with van der Waals surface area (Å²) in [5.74, 6) is 0. The maximum Gasteiger partial charge on any atom is 0.229 e. The fraction of sp³-hybridized carbons (Fsp3) is 0.171. The summed E-state index contributed by atoms with van der Waals surface area (Å²) in [6.45, 7) is 6.43. The summed E-state index contributed by atoms with van der Waals surface area (Å²) >= 11 is 1.46. The first-order valence-electron chi connectivity index (χ1n) is 14.7. The summed E-state index contributed by atoms with van der Waals surface area (Å²) in [5, 5.41) is 21.4. The van der Waals surface area contributed by atoms with Crippen LogP contribution in [0, 0.1) is 6.92 Å². The van der Waals surface area contributed by atoms with Crippen molar-refractivity contribution >= 4 is 72.1 Å². The predicted molar refractivity (Wildman–Crippen MR) is 188 cm³/mol. The summed E-state index contributed by atoms with van der Waals surface area (Å²) in [7, 11) is 2.06. The molecule has 0 bridgehead atoms. The Hall–Kier alpha value is -5.15. The van der Waals surface area contributed by atoms with Crippen molar-refractivity contribution in [1.29, 1.82) is 0 Å². The molecule has 0 saturated heterocycles. The number of azo groups is 1. The maximum absolute atomic E-state index is 4.35. The highest BCUT2D eigenvalue weighted by atomic mass is 32.1. The van der Waals surface area contributed by atoms with E-state index in [-0.39, 0.29) is 0 Å². The smallest absolute Gasteiger partial charge is 0.229 e. The second-order valence-corrected chi connectivity index (χ2v) is 11.6. The summed E-state index contributed by atoms with van der Waals surface area (Å²) in [4.78, 5) is 4.16. The van der Waals surface area contributed by atoms with Gasteiger partial charge >= 0.3 is 0 Å². The molecule has 1 atom stereocenters. The van der Waals surface area contributed by atoms with E-state index < -0.39 is 0 Å². The number of nitrogens with one attached hydrogen (secondary N) is 4. The van der Waals surface area contributed by atoms with Crippen LogP contribution in [-0.2, 0) is 0 Å². The molecule has 0 aliphatic heterocycles. The van der Waals surface area contributed by atoms with Crippen molar-refractivity contribution in [2.45, 2.75) is 33.2 Å². The van der Waals surface area contributed by atoms with Crippen LogP contribution in [0.3, 0.4) is 0 Å². The molecule has 6 aromatic rings. The Labute approximate surface area is 261 Å². The molecule has 44 heavy (non-hydrogen) atoms. The zero-order valence-electron chi connectivity index (χ0n) is 25.3. The van der Waals surface area contributed by atoms with Crippen molar-refractivity contribution in [1.82, 2.24) is 4.98 Å². The molecular weight excluding hydrogens is 565 g/mol. The third-order valence-electron chi connectivity index (χ3n) is 7.69. The molecule has 8 nitrogen and oxygen atoms in total. The fourth-order valence-electron chi connectivity index (χ4n) is 5.16. The lowest BCUT2D eigenvalue weighted by atomic mass is 10.1.